The summed E-state index contributed by atoms with van der Waals surface area (Å²) in [6.45, 7) is 1.94. The predicted octanol–water partition coefficient (Wildman–Crippen LogP) is 0.154. The third kappa shape index (κ3) is 1.95. The van der Waals surface area contributed by atoms with Crippen LogP contribution in [0.2, 0.25) is 0 Å². The number of aromatic nitrogens is 2. The van der Waals surface area contributed by atoms with Gasteiger partial charge in [0.1, 0.15) is 0 Å². The molecule has 0 aromatic carbocycles. The first-order chi connectivity index (χ1) is 7.20. The van der Waals surface area contributed by atoms with Crippen LogP contribution in [0.15, 0.2) is 17.4 Å². The molecule has 1 aliphatic rings. The summed E-state index contributed by atoms with van der Waals surface area (Å²) >= 11 is 0. The van der Waals surface area contributed by atoms with Crippen molar-refractivity contribution in [1.82, 2.24) is 14.7 Å². The van der Waals surface area contributed by atoms with Crippen molar-refractivity contribution >= 4 is 5.96 Å². The second kappa shape index (κ2) is 3.92. The molecule has 0 spiro atoms. The SMILES string of the molecule is CN=C(N)N1CC[C@@H](c2cnn(C)c2)C1. The maximum absolute atomic E-state index is 5.78. The lowest BCUT2D eigenvalue weighted by Gasteiger charge is -2.16. The summed E-state index contributed by atoms with van der Waals surface area (Å²) in [5.41, 5.74) is 7.07. The van der Waals surface area contributed by atoms with Crippen molar-refractivity contribution < 1.29 is 0 Å². The van der Waals surface area contributed by atoms with Crippen molar-refractivity contribution in [3.63, 3.8) is 0 Å². The largest absolute Gasteiger partial charge is 0.370 e. The molecule has 1 fully saturated rings. The Morgan fingerprint density at radius 1 is 1.67 bits per heavy atom. The standard InChI is InChI=1S/C10H17N5/c1-12-10(11)15-4-3-8(7-15)9-5-13-14(2)6-9/h5-6,8H,3-4,7H2,1-2H3,(H2,11,12)/t8-/m1/s1. The lowest BCUT2D eigenvalue weighted by atomic mass is 10.0. The summed E-state index contributed by atoms with van der Waals surface area (Å²) < 4.78 is 1.84. The van der Waals surface area contributed by atoms with E-state index < -0.39 is 0 Å². The van der Waals surface area contributed by atoms with Crippen molar-refractivity contribution in [2.24, 2.45) is 17.8 Å². The van der Waals surface area contributed by atoms with E-state index in [1.165, 1.54) is 5.56 Å². The van der Waals surface area contributed by atoms with E-state index in [1.807, 2.05) is 17.9 Å². The molecule has 0 saturated carbocycles. The summed E-state index contributed by atoms with van der Waals surface area (Å²) in [5.74, 6) is 1.18. The van der Waals surface area contributed by atoms with Crippen LogP contribution in [-0.2, 0) is 7.05 Å². The highest BCUT2D eigenvalue weighted by atomic mass is 15.3. The van der Waals surface area contributed by atoms with Crippen LogP contribution < -0.4 is 5.73 Å². The van der Waals surface area contributed by atoms with E-state index in [-0.39, 0.29) is 0 Å². The summed E-state index contributed by atoms with van der Waals surface area (Å²) in [6.07, 6.45) is 5.14. The molecule has 1 aromatic rings. The van der Waals surface area contributed by atoms with Gasteiger partial charge < -0.3 is 10.6 Å². The minimum atomic E-state index is 0.541. The van der Waals surface area contributed by atoms with Crippen molar-refractivity contribution in [1.29, 1.82) is 0 Å². The van der Waals surface area contributed by atoms with E-state index in [0.717, 1.165) is 19.5 Å². The second-order valence-corrected chi connectivity index (χ2v) is 3.96. The minimum absolute atomic E-state index is 0.541. The van der Waals surface area contributed by atoms with Gasteiger partial charge in [0.25, 0.3) is 0 Å². The summed E-state index contributed by atoms with van der Waals surface area (Å²) in [6, 6.07) is 0. The molecule has 1 aromatic heterocycles. The van der Waals surface area contributed by atoms with Gasteiger partial charge in [0.05, 0.1) is 6.20 Å². The quantitative estimate of drug-likeness (QED) is 0.527. The third-order valence-corrected chi connectivity index (χ3v) is 2.94. The molecule has 15 heavy (non-hydrogen) atoms. The number of likely N-dealkylation sites (tertiary alicyclic amines) is 1. The number of aliphatic imine (C=N–C) groups is 1. The van der Waals surface area contributed by atoms with Crippen LogP contribution in [0.5, 0.6) is 0 Å². The third-order valence-electron chi connectivity index (χ3n) is 2.94. The molecule has 5 nitrogen and oxygen atoms in total. The minimum Gasteiger partial charge on any atom is -0.370 e. The molecule has 2 heterocycles. The Balaban J connectivity index is 2.04. The summed E-state index contributed by atoms with van der Waals surface area (Å²) in [4.78, 5) is 6.13. The predicted molar refractivity (Wildman–Crippen MR) is 59.7 cm³/mol. The number of nitrogens with zero attached hydrogens (tertiary/aromatic N) is 4. The average molecular weight is 207 g/mol. The van der Waals surface area contributed by atoms with E-state index >= 15 is 0 Å². The zero-order valence-corrected chi connectivity index (χ0v) is 9.22. The number of hydrogen-bond donors (Lipinski definition) is 1. The van der Waals surface area contributed by atoms with Crippen molar-refractivity contribution in [2.45, 2.75) is 12.3 Å². The van der Waals surface area contributed by atoms with Gasteiger partial charge in [0.2, 0.25) is 0 Å². The lowest BCUT2D eigenvalue weighted by molar-refractivity contribution is 0.503. The summed E-state index contributed by atoms with van der Waals surface area (Å²) in [5, 5.41) is 4.19. The Kier molecular flexibility index (Phi) is 2.62. The molecule has 1 atom stereocenters. The number of rotatable bonds is 1. The number of guanidine groups is 1. The van der Waals surface area contributed by atoms with Gasteiger partial charge in [0.15, 0.2) is 5.96 Å². The van der Waals surface area contributed by atoms with Crippen molar-refractivity contribution in [2.75, 3.05) is 20.1 Å². The molecule has 2 rings (SSSR count). The molecule has 0 amide bonds. The fourth-order valence-corrected chi connectivity index (χ4v) is 2.03. The van der Waals surface area contributed by atoms with Crippen LogP contribution in [0.3, 0.4) is 0 Å². The van der Waals surface area contributed by atoms with Crippen LogP contribution in [0.4, 0.5) is 0 Å². The van der Waals surface area contributed by atoms with Gasteiger partial charge in [-0.25, -0.2) is 0 Å². The molecule has 0 unspecified atom stereocenters. The van der Waals surface area contributed by atoms with Crippen LogP contribution in [0.1, 0.15) is 17.9 Å². The molecule has 0 aliphatic carbocycles. The van der Waals surface area contributed by atoms with Gasteiger partial charge in [-0.05, 0) is 12.0 Å². The molecule has 1 aliphatic heterocycles. The monoisotopic (exact) mass is 207 g/mol. The van der Waals surface area contributed by atoms with Gasteiger partial charge in [-0.15, -0.1) is 0 Å². The smallest absolute Gasteiger partial charge is 0.190 e. The molecule has 0 radical (unpaired) electrons. The van der Waals surface area contributed by atoms with E-state index in [0.29, 0.717) is 11.9 Å². The van der Waals surface area contributed by atoms with E-state index in [4.69, 9.17) is 5.73 Å². The van der Waals surface area contributed by atoms with Crippen LogP contribution in [-0.4, -0.2) is 40.8 Å². The summed E-state index contributed by atoms with van der Waals surface area (Å²) in [7, 11) is 3.67. The Labute approximate surface area is 89.6 Å². The first kappa shape index (κ1) is 10.0. The highest BCUT2D eigenvalue weighted by Crippen LogP contribution is 2.26. The van der Waals surface area contributed by atoms with Gasteiger partial charge in [0, 0.05) is 39.3 Å². The molecular weight excluding hydrogens is 190 g/mol. The Morgan fingerprint density at radius 3 is 3.07 bits per heavy atom. The van der Waals surface area contributed by atoms with E-state index in [9.17, 15) is 0 Å². The average Bonchev–Trinajstić information content (AvgIpc) is 2.84. The highest BCUT2D eigenvalue weighted by molar-refractivity contribution is 5.78. The molecule has 0 bridgehead atoms. The van der Waals surface area contributed by atoms with Gasteiger partial charge in [-0.3, -0.25) is 9.67 Å². The fraction of sp³-hybridized carbons (Fsp3) is 0.600. The van der Waals surface area contributed by atoms with Crippen molar-refractivity contribution in [3.05, 3.63) is 18.0 Å². The zero-order valence-electron chi connectivity index (χ0n) is 9.22. The van der Waals surface area contributed by atoms with Crippen molar-refractivity contribution in [3.8, 4) is 0 Å². The number of hydrogen-bond acceptors (Lipinski definition) is 2. The zero-order chi connectivity index (χ0) is 10.8. The Hall–Kier alpha value is -1.52. The van der Waals surface area contributed by atoms with Gasteiger partial charge in [-0.2, -0.15) is 5.10 Å². The molecular formula is C10H17N5. The normalized spacial score (nSPS) is 22.4. The topological polar surface area (TPSA) is 59.4 Å². The van der Waals surface area contributed by atoms with E-state index in [2.05, 4.69) is 21.2 Å². The van der Waals surface area contributed by atoms with E-state index in [1.54, 1.807) is 7.05 Å². The lowest BCUT2D eigenvalue weighted by Crippen LogP contribution is -2.35. The van der Waals surface area contributed by atoms with Crippen LogP contribution in [0.25, 0.3) is 0 Å². The maximum Gasteiger partial charge on any atom is 0.190 e. The first-order valence-corrected chi connectivity index (χ1v) is 5.16. The highest BCUT2D eigenvalue weighted by Gasteiger charge is 2.25. The Morgan fingerprint density at radius 2 is 2.47 bits per heavy atom. The number of aryl methyl sites for hydroxylation is 1. The van der Waals surface area contributed by atoms with Crippen LogP contribution >= 0.6 is 0 Å². The molecule has 2 N–H and O–H groups in total. The van der Waals surface area contributed by atoms with Gasteiger partial charge >= 0.3 is 0 Å². The van der Waals surface area contributed by atoms with Gasteiger partial charge in [-0.1, -0.05) is 0 Å². The number of nitrogens with two attached hydrogens (primary N) is 1. The molecule has 5 heteroatoms. The molecule has 82 valence electrons. The Bertz CT molecular complexity index is 368. The molecule has 1 saturated heterocycles. The van der Waals surface area contributed by atoms with Crippen LogP contribution in [0, 0.1) is 0 Å². The fourth-order valence-electron chi connectivity index (χ4n) is 2.03. The first-order valence-electron chi connectivity index (χ1n) is 5.16. The maximum atomic E-state index is 5.78. The second-order valence-electron chi connectivity index (χ2n) is 3.96.